The second-order valence-electron chi connectivity index (χ2n) is 5.94. The van der Waals surface area contributed by atoms with Crippen LogP contribution in [-0.2, 0) is 4.79 Å². The van der Waals surface area contributed by atoms with Crippen LogP contribution in [0.4, 0.5) is 5.69 Å². The van der Waals surface area contributed by atoms with Crippen LogP contribution in [0, 0.1) is 19.3 Å². The van der Waals surface area contributed by atoms with Gasteiger partial charge in [0.2, 0.25) is 6.79 Å². The highest BCUT2D eigenvalue weighted by Gasteiger charge is 2.33. The molecule has 1 fully saturated rings. The molecule has 0 spiro atoms. The highest BCUT2D eigenvalue weighted by atomic mass is 32.2. The van der Waals surface area contributed by atoms with Crippen molar-refractivity contribution in [2.24, 2.45) is 0 Å². The Morgan fingerprint density at radius 2 is 1.88 bits per heavy atom. The lowest BCUT2D eigenvalue weighted by Gasteiger charge is -2.15. The monoisotopic (exact) mass is 352 g/mol. The number of thioether (sulfide) groups is 1. The molecule has 2 aromatic carbocycles. The number of aryl methyl sites for hydroxylation is 2. The normalized spacial score (nSPS) is 17.7. The van der Waals surface area contributed by atoms with E-state index in [-0.39, 0.29) is 17.9 Å². The molecule has 4 rings (SSSR count). The molecule has 126 valence electrons. The fourth-order valence-electron chi connectivity index (χ4n) is 2.74. The molecule has 6 heteroatoms. The Bertz CT molecular complexity index is 936. The third kappa shape index (κ3) is 2.78. The second kappa shape index (κ2) is 5.97. The van der Waals surface area contributed by atoms with E-state index in [2.05, 4.69) is 0 Å². The van der Waals surface area contributed by atoms with Crippen LogP contribution in [0.2, 0.25) is 0 Å². The van der Waals surface area contributed by atoms with Crippen LogP contribution in [0.5, 0.6) is 11.5 Å². The minimum atomic E-state index is -0.184. The molecule has 0 aromatic heterocycles. The molecule has 1 amide bonds. The van der Waals surface area contributed by atoms with Crippen molar-refractivity contribution in [2.45, 2.75) is 13.8 Å². The van der Waals surface area contributed by atoms with Crippen molar-refractivity contribution in [3.05, 3.63) is 58.0 Å². The Hall–Kier alpha value is -2.73. The van der Waals surface area contributed by atoms with Gasteiger partial charge in [-0.25, -0.2) is 0 Å². The number of amidine groups is 1. The Balaban J connectivity index is 1.65. The number of amides is 1. The van der Waals surface area contributed by atoms with Crippen molar-refractivity contribution >= 4 is 34.6 Å². The van der Waals surface area contributed by atoms with E-state index in [1.165, 1.54) is 4.90 Å². The van der Waals surface area contributed by atoms with Gasteiger partial charge in [-0.1, -0.05) is 12.1 Å². The van der Waals surface area contributed by atoms with Crippen molar-refractivity contribution < 1.29 is 14.3 Å². The molecular weight excluding hydrogens is 336 g/mol. The molecule has 2 heterocycles. The number of carbonyl (C=O) groups excluding carboxylic acids is 1. The van der Waals surface area contributed by atoms with E-state index in [4.69, 9.17) is 14.9 Å². The Labute approximate surface area is 149 Å². The summed E-state index contributed by atoms with van der Waals surface area (Å²) in [4.78, 5) is 14.7. The van der Waals surface area contributed by atoms with Gasteiger partial charge in [-0.05, 0) is 72.6 Å². The SMILES string of the molecule is Cc1ccc(N2C(=N)SC(=Cc3ccc4c(c3)OCO4)C2=O)cc1C. The van der Waals surface area contributed by atoms with Gasteiger partial charge in [-0.3, -0.25) is 15.1 Å². The van der Waals surface area contributed by atoms with Gasteiger partial charge in [0, 0.05) is 0 Å². The molecule has 0 radical (unpaired) electrons. The number of rotatable bonds is 2. The summed E-state index contributed by atoms with van der Waals surface area (Å²) in [6.07, 6.45) is 1.78. The van der Waals surface area contributed by atoms with Crippen LogP contribution >= 0.6 is 11.8 Å². The van der Waals surface area contributed by atoms with Gasteiger partial charge < -0.3 is 9.47 Å². The number of carbonyl (C=O) groups is 1. The molecule has 2 aliphatic rings. The quantitative estimate of drug-likeness (QED) is 0.827. The van der Waals surface area contributed by atoms with Gasteiger partial charge in [-0.2, -0.15) is 0 Å². The maximum Gasteiger partial charge on any atom is 0.271 e. The molecule has 25 heavy (non-hydrogen) atoms. The molecule has 2 aromatic rings. The first kappa shape index (κ1) is 15.8. The molecule has 0 bridgehead atoms. The first-order chi connectivity index (χ1) is 12.0. The van der Waals surface area contributed by atoms with Crippen LogP contribution < -0.4 is 14.4 Å². The number of ether oxygens (including phenoxy) is 2. The summed E-state index contributed by atoms with van der Waals surface area (Å²) in [7, 11) is 0. The van der Waals surface area contributed by atoms with E-state index >= 15 is 0 Å². The van der Waals surface area contributed by atoms with Gasteiger partial charge in [0.25, 0.3) is 5.91 Å². The minimum Gasteiger partial charge on any atom is -0.454 e. The molecule has 1 saturated heterocycles. The molecule has 5 nitrogen and oxygen atoms in total. The number of nitrogens with zero attached hydrogens (tertiary/aromatic N) is 1. The van der Waals surface area contributed by atoms with Crippen LogP contribution in [-0.4, -0.2) is 17.9 Å². The minimum absolute atomic E-state index is 0.184. The summed E-state index contributed by atoms with van der Waals surface area (Å²) in [5.41, 5.74) is 3.82. The fourth-order valence-corrected chi connectivity index (χ4v) is 3.60. The first-order valence-electron chi connectivity index (χ1n) is 7.82. The predicted octanol–water partition coefficient (Wildman–Crippen LogP) is 4.09. The van der Waals surface area contributed by atoms with E-state index < -0.39 is 0 Å². The zero-order valence-electron chi connectivity index (χ0n) is 13.8. The average molecular weight is 352 g/mol. The van der Waals surface area contributed by atoms with Gasteiger partial charge >= 0.3 is 0 Å². The lowest BCUT2D eigenvalue weighted by atomic mass is 10.1. The summed E-state index contributed by atoms with van der Waals surface area (Å²) < 4.78 is 10.7. The summed E-state index contributed by atoms with van der Waals surface area (Å²) in [5, 5.41) is 8.41. The number of benzene rings is 2. The summed E-state index contributed by atoms with van der Waals surface area (Å²) in [5.74, 6) is 1.19. The zero-order chi connectivity index (χ0) is 17.6. The van der Waals surface area contributed by atoms with E-state index in [1.807, 2.05) is 50.2 Å². The topological polar surface area (TPSA) is 62.6 Å². The first-order valence-corrected chi connectivity index (χ1v) is 8.64. The van der Waals surface area contributed by atoms with E-state index in [0.717, 1.165) is 34.1 Å². The maximum atomic E-state index is 12.8. The van der Waals surface area contributed by atoms with E-state index in [9.17, 15) is 4.79 Å². The molecular formula is C19H16N2O3S. The Kier molecular flexibility index (Phi) is 3.77. The van der Waals surface area contributed by atoms with Gasteiger partial charge in [0.1, 0.15) is 0 Å². The maximum absolute atomic E-state index is 12.8. The smallest absolute Gasteiger partial charge is 0.271 e. The Morgan fingerprint density at radius 1 is 1.08 bits per heavy atom. The molecule has 0 saturated carbocycles. The summed E-state index contributed by atoms with van der Waals surface area (Å²) in [6.45, 7) is 4.24. The largest absolute Gasteiger partial charge is 0.454 e. The molecule has 0 aliphatic carbocycles. The third-order valence-corrected chi connectivity index (χ3v) is 5.15. The van der Waals surface area contributed by atoms with Gasteiger partial charge in [-0.15, -0.1) is 0 Å². The molecule has 1 N–H and O–H groups in total. The lowest BCUT2D eigenvalue weighted by Crippen LogP contribution is -2.28. The number of nitrogens with one attached hydrogen (secondary N) is 1. The van der Waals surface area contributed by atoms with Crippen LogP contribution in [0.15, 0.2) is 41.3 Å². The number of hydrogen-bond acceptors (Lipinski definition) is 5. The summed E-state index contributed by atoms with van der Waals surface area (Å²) >= 11 is 1.16. The standard InChI is InChI=1S/C19H16N2O3S/c1-11-3-5-14(7-12(11)2)21-18(22)17(25-19(21)20)9-13-4-6-15-16(8-13)24-10-23-15/h3-9,20H,10H2,1-2H3. The van der Waals surface area contributed by atoms with Crippen molar-refractivity contribution in [1.82, 2.24) is 0 Å². The molecule has 0 atom stereocenters. The average Bonchev–Trinajstić information content (AvgIpc) is 3.15. The lowest BCUT2D eigenvalue weighted by molar-refractivity contribution is -0.113. The van der Waals surface area contributed by atoms with Crippen molar-refractivity contribution in [3.63, 3.8) is 0 Å². The van der Waals surface area contributed by atoms with Crippen molar-refractivity contribution in [3.8, 4) is 11.5 Å². The Morgan fingerprint density at radius 3 is 2.68 bits per heavy atom. The molecule has 2 aliphatic heterocycles. The number of anilines is 1. The van der Waals surface area contributed by atoms with Gasteiger partial charge in [0.05, 0.1) is 10.6 Å². The number of fused-ring (bicyclic) bond motifs is 1. The fraction of sp³-hybridized carbons (Fsp3) is 0.158. The molecule has 0 unspecified atom stereocenters. The second-order valence-corrected chi connectivity index (χ2v) is 6.97. The third-order valence-electron chi connectivity index (χ3n) is 4.27. The number of hydrogen-bond donors (Lipinski definition) is 1. The predicted molar refractivity (Wildman–Crippen MR) is 99.3 cm³/mol. The van der Waals surface area contributed by atoms with Gasteiger partial charge in [0.15, 0.2) is 16.7 Å². The van der Waals surface area contributed by atoms with Crippen LogP contribution in [0.25, 0.3) is 6.08 Å². The summed E-state index contributed by atoms with van der Waals surface area (Å²) in [6, 6.07) is 11.3. The van der Waals surface area contributed by atoms with Crippen molar-refractivity contribution in [2.75, 3.05) is 11.7 Å². The van der Waals surface area contributed by atoms with Crippen LogP contribution in [0.3, 0.4) is 0 Å². The van der Waals surface area contributed by atoms with E-state index in [1.54, 1.807) is 6.08 Å². The van der Waals surface area contributed by atoms with Crippen LogP contribution in [0.1, 0.15) is 16.7 Å². The van der Waals surface area contributed by atoms with Crippen molar-refractivity contribution in [1.29, 1.82) is 5.41 Å². The van der Waals surface area contributed by atoms with E-state index in [0.29, 0.717) is 16.4 Å². The highest BCUT2D eigenvalue weighted by Crippen LogP contribution is 2.37. The highest BCUT2D eigenvalue weighted by molar-refractivity contribution is 8.19. The zero-order valence-corrected chi connectivity index (χ0v) is 14.6.